The Hall–Kier alpha value is -1.92. The van der Waals surface area contributed by atoms with Crippen LogP contribution >= 0.6 is 15.9 Å². The van der Waals surface area contributed by atoms with E-state index in [-0.39, 0.29) is 18.6 Å². The van der Waals surface area contributed by atoms with E-state index in [9.17, 15) is 14.7 Å². The van der Waals surface area contributed by atoms with E-state index >= 15 is 0 Å². The normalized spacial score (nSPS) is 20.1. The molecule has 2 heterocycles. The molecule has 120 valence electrons. The zero-order valence-corrected chi connectivity index (χ0v) is 14.4. The highest BCUT2D eigenvalue weighted by Crippen LogP contribution is 2.41. The first kappa shape index (κ1) is 16.0. The lowest BCUT2D eigenvalue weighted by atomic mass is 9.85. The molecule has 0 saturated heterocycles. The van der Waals surface area contributed by atoms with Crippen LogP contribution in [0.25, 0.3) is 11.3 Å². The van der Waals surface area contributed by atoms with Gasteiger partial charge < -0.3 is 14.4 Å². The zero-order chi connectivity index (χ0) is 16.8. The van der Waals surface area contributed by atoms with Gasteiger partial charge in [-0.15, -0.1) is 0 Å². The van der Waals surface area contributed by atoms with Crippen LogP contribution < -0.4 is 5.56 Å². The molecule has 0 aliphatic carbocycles. The second-order valence-electron chi connectivity index (χ2n) is 5.54. The Morgan fingerprint density at radius 3 is 2.57 bits per heavy atom. The number of aliphatic hydroxyl groups is 1. The number of esters is 1. The van der Waals surface area contributed by atoms with E-state index in [1.807, 2.05) is 30.3 Å². The van der Waals surface area contributed by atoms with Crippen LogP contribution in [0.15, 0.2) is 39.6 Å². The molecule has 23 heavy (non-hydrogen) atoms. The molecule has 1 aliphatic rings. The molecule has 5 nitrogen and oxygen atoms in total. The van der Waals surface area contributed by atoms with E-state index in [1.54, 1.807) is 14.0 Å². The third-order valence-electron chi connectivity index (χ3n) is 4.29. The maximum Gasteiger partial charge on any atom is 0.343 e. The van der Waals surface area contributed by atoms with E-state index < -0.39 is 11.6 Å². The summed E-state index contributed by atoms with van der Waals surface area (Å²) < 4.78 is 7.07. The minimum absolute atomic E-state index is 0.124. The Bertz CT molecular complexity index is 844. The fourth-order valence-electron chi connectivity index (χ4n) is 2.97. The number of benzene rings is 1. The van der Waals surface area contributed by atoms with Crippen molar-refractivity contribution in [3.8, 4) is 11.3 Å². The van der Waals surface area contributed by atoms with Crippen LogP contribution in [0.3, 0.4) is 0 Å². The second-order valence-corrected chi connectivity index (χ2v) is 6.33. The first-order valence-corrected chi connectivity index (χ1v) is 8.08. The van der Waals surface area contributed by atoms with Gasteiger partial charge in [0.15, 0.2) is 5.60 Å². The van der Waals surface area contributed by atoms with Crippen molar-refractivity contribution in [3.05, 3.63) is 56.3 Å². The van der Waals surface area contributed by atoms with Gasteiger partial charge in [-0.05, 0) is 27.9 Å². The SMILES string of the molecule is CCC1(O)C(=O)OCc2c1c(Br)c(-c1ccccc1)n(C)c2=O. The summed E-state index contributed by atoms with van der Waals surface area (Å²) in [5, 5.41) is 10.8. The number of pyridine rings is 1. The van der Waals surface area contributed by atoms with Crippen LogP contribution in [0.2, 0.25) is 0 Å². The number of hydrogen-bond acceptors (Lipinski definition) is 4. The molecule has 1 atom stereocenters. The molecular weight excluding hydrogens is 362 g/mol. The van der Waals surface area contributed by atoms with Gasteiger partial charge in [-0.3, -0.25) is 4.79 Å². The molecule has 6 heteroatoms. The third-order valence-corrected chi connectivity index (χ3v) is 5.06. The lowest BCUT2D eigenvalue weighted by Gasteiger charge is -2.33. The summed E-state index contributed by atoms with van der Waals surface area (Å²) in [6, 6.07) is 9.36. The van der Waals surface area contributed by atoms with Crippen molar-refractivity contribution in [2.24, 2.45) is 7.05 Å². The smallest absolute Gasteiger partial charge is 0.343 e. The molecule has 1 aromatic carbocycles. The van der Waals surface area contributed by atoms with Crippen molar-refractivity contribution >= 4 is 21.9 Å². The highest BCUT2D eigenvalue weighted by molar-refractivity contribution is 9.10. The molecule has 1 aromatic heterocycles. The Balaban J connectivity index is 2.42. The molecule has 0 saturated carbocycles. The standard InChI is InChI=1S/C17H16BrNO4/c1-3-17(22)12-11(9-23-16(17)21)15(20)19(2)14(13(12)18)10-7-5-4-6-8-10/h4-8,22H,3,9H2,1-2H3. The number of halogens is 1. The zero-order valence-electron chi connectivity index (χ0n) is 12.8. The van der Waals surface area contributed by atoms with Crippen LogP contribution in [-0.2, 0) is 28.8 Å². The minimum atomic E-state index is -1.82. The predicted molar refractivity (Wildman–Crippen MR) is 88.8 cm³/mol. The molecule has 0 fully saturated rings. The summed E-state index contributed by atoms with van der Waals surface area (Å²) in [6.45, 7) is 1.55. The van der Waals surface area contributed by atoms with Gasteiger partial charge in [0.2, 0.25) is 0 Å². The summed E-state index contributed by atoms with van der Waals surface area (Å²) in [5.74, 6) is -0.722. The van der Waals surface area contributed by atoms with Crippen molar-refractivity contribution in [1.82, 2.24) is 4.57 Å². The van der Waals surface area contributed by atoms with Crippen LogP contribution in [-0.4, -0.2) is 15.6 Å². The number of ether oxygens (including phenoxy) is 1. The second kappa shape index (κ2) is 5.62. The first-order chi connectivity index (χ1) is 10.9. The summed E-state index contributed by atoms with van der Waals surface area (Å²) in [6.07, 6.45) is 0.124. The number of aromatic nitrogens is 1. The lowest BCUT2D eigenvalue weighted by molar-refractivity contribution is -0.172. The average molecular weight is 378 g/mol. The fraction of sp³-hybridized carbons (Fsp3) is 0.294. The van der Waals surface area contributed by atoms with Gasteiger partial charge in [0.1, 0.15) is 6.61 Å². The predicted octanol–water partition coefficient (Wildman–Crippen LogP) is 2.47. The van der Waals surface area contributed by atoms with E-state index in [4.69, 9.17) is 4.74 Å². The molecule has 3 rings (SSSR count). The molecule has 0 bridgehead atoms. The van der Waals surface area contributed by atoms with Crippen molar-refractivity contribution < 1.29 is 14.6 Å². The van der Waals surface area contributed by atoms with Crippen LogP contribution in [0.1, 0.15) is 24.5 Å². The van der Waals surface area contributed by atoms with Crippen LogP contribution in [0.4, 0.5) is 0 Å². The average Bonchev–Trinajstić information content (AvgIpc) is 2.56. The number of carbonyl (C=O) groups is 1. The fourth-order valence-corrected chi connectivity index (χ4v) is 4.03. The van der Waals surface area contributed by atoms with Gasteiger partial charge in [0.25, 0.3) is 5.56 Å². The highest BCUT2D eigenvalue weighted by Gasteiger charge is 2.46. The first-order valence-electron chi connectivity index (χ1n) is 7.28. The number of rotatable bonds is 2. The molecule has 1 aliphatic heterocycles. The molecule has 2 aromatic rings. The largest absolute Gasteiger partial charge is 0.458 e. The Morgan fingerprint density at radius 2 is 1.96 bits per heavy atom. The lowest BCUT2D eigenvalue weighted by Crippen LogP contribution is -2.45. The monoisotopic (exact) mass is 377 g/mol. The third kappa shape index (κ3) is 2.24. The van der Waals surface area contributed by atoms with Crippen molar-refractivity contribution in [3.63, 3.8) is 0 Å². The quantitative estimate of drug-likeness (QED) is 0.816. The highest BCUT2D eigenvalue weighted by atomic mass is 79.9. The van der Waals surface area contributed by atoms with Gasteiger partial charge in [0, 0.05) is 17.1 Å². The van der Waals surface area contributed by atoms with Gasteiger partial charge in [-0.2, -0.15) is 0 Å². The van der Waals surface area contributed by atoms with Crippen LogP contribution in [0.5, 0.6) is 0 Å². The Labute approximate surface area is 141 Å². The maximum atomic E-state index is 12.7. The number of carbonyl (C=O) groups excluding carboxylic acids is 1. The van der Waals surface area contributed by atoms with E-state index in [0.717, 1.165) is 5.56 Å². The van der Waals surface area contributed by atoms with Crippen molar-refractivity contribution in [1.29, 1.82) is 0 Å². The maximum absolute atomic E-state index is 12.7. The molecular formula is C17H16BrNO4. The molecule has 1 N–H and O–H groups in total. The topological polar surface area (TPSA) is 68.5 Å². The summed E-state index contributed by atoms with van der Waals surface area (Å²) >= 11 is 3.51. The summed E-state index contributed by atoms with van der Waals surface area (Å²) in [7, 11) is 1.66. The van der Waals surface area contributed by atoms with Crippen molar-refractivity contribution in [2.45, 2.75) is 25.6 Å². The molecule has 0 amide bonds. The Kier molecular flexibility index (Phi) is 3.90. The minimum Gasteiger partial charge on any atom is -0.458 e. The van der Waals surface area contributed by atoms with E-state index in [1.165, 1.54) is 4.57 Å². The number of cyclic esters (lactones) is 1. The molecule has 1 unspecified atom stereocenters. The molecule has 0 spiro atoms. The van der Waals surface area contributed by atoms with Gasteiger partial charge in [-0.1, -0.05) is 37.3 Å². The van der Waals surface area contributed by atoms with Gasteiger partial charge >= 0.3 is 5.97 Å². The Morgan fingerprint density at radius 1 is 1.30 bits per heavy atom. The van der Waals surface area contributed by atoms with E-state index in [2.05, 4.69) is 15.9 Å². The molecule has 0 radical (unpaired) electrons. The summed E-state index contributed by atoms with van der Waals surface area (Å²) in [4.78, 5) is 24.8. The number of hydrogen-bond donors (Lipinski definition) is 1. The summed E-state index contributed by atoms with van der Waals surface area (Å²) in [5.41, 5.74) is -0.0265. The van der Waals surface area contributed by atoms with E-state index in [0.29, 0.717) is 21.3 Å². The van der Waals surface area contributed by atoms with Crippen molar-refractivity contribution in [2.75, 3.05) is 0 Å². The number of nitrogens with zero attached hydrogens (tertiary/aromatic N) is 1. The van der Waals surface area contributed by atoms with Gasteiger partial charge in [-0.25, -0.2) is 4.79 Å². The van der Waals surface area contributed by atoms with Gasteiger partial charge in [0.05, 0.1) is 11.3 Å². The number of fused-ring (bicyclic) bond motifs is 1. The van der Waals surface area contributed by atoms with Crippen LogP contribution in [0, 0.1) is 0 Å².